The third-order valence-electron chi connectivity index (χ3n) is 3.07. The largest absolute Gasteiger partial charge is 0.386 e. The zero-order valence-corrected chi connectivity index (χ0v) is 11.6. The first kappa shape index (κ1) is 14.0. The van der Waals surface area contributed by atoms with Crippen LogP contribution in [0, 0.1) is 6.92 Å². The number of hydrogen-bond acceptors (Lipinski definition) is 6. The minimum Gasteiger partial charge on any atom is -0.386 e. The highest BCUT2D eigenvalue weighted by molar-refractivity contribution is 5.42. The van der Waals surface area contributed by atoms with E-state index >= 15 is 0 Å². The van der Waals surface area contributed by atoms with Crippen molar-refractivity contribution in [2.75, 3.05) is 36.9 Å². The molecule has 1 aromatic rings. The van der Waals surface area contributed by atoms with Gasteiger partial charge in [0.25, 0.3) is 0 Å². The maximum Gasteiger partial charge on any atom is 0.224 e. The van der Waals surface area contributed by atoms with Gasteiger partial charge in [0.05, 0.1) is 6.61 Å². The van der Waals surface area contributed by atoms with Gasteiger partial charge in [-0.15, -0.1) is 0 Å². The molecule has 1 unspecified atom stereocenters. The predicted octanol–water partition coefficient (Wildman–Crippen LogP) is 1.17. The lowest BCUT2D eigenvalue weighted by atomic mass is 10.0. The number of nitrogens with zero attached hydrogens (tertiary/aromatic N) is 2. The van der Waals surface area contributed by atoms with Gasteiger partial charge in [-0.2, -0.15) is 4.98 Å². The Labute approximate surface area is 113 Å². The van der Waals surface area contributed by atoms with E-state index in [9.17, 15) is 5.11 Å². The van der Waals surface area contributed by atoms with Crippen LogP contribution in [0.15, 0.2) is 6.07 Å². The summed E-state index contributed by atoms with van der Waals surface area (Å²) in [6, 6.07) is 1.87. The second kappa shape index (κ2) is 6.16. The normalized spacial score (nSPS) is 22.5. The van der Waals surface area contributed by atoms with E-state index < -0.39 is 5.60 Å². The number of aromatic nitrogens is 2. The van der Waals surface area contributed by atoms with E-state index in [2.05, 4.69) is 27.5 Å². The summed E-state index contributed by atoms with van der Waals surface area (Å²) in [5.41, 5.74) is 0.112. The van der Waals surface area contributed by atoms with Crippen molar-refractivity contribution in [1.29, 1.82) is 0 Å². The van der Waals surface area contributed by atoms with Gasteiger partial charge in [-0.05, 0) is 13.3 Å². The van der Waals surface area contributed by atoms with Crippen LogP contribution in [0.5, 0.6) is 0 Å². The number of rotatable bonds is 6. The van der Waals surface area contributed by atoms with Gasteiger partial charge in [0.1, 0.15) is 11.4 Å². The van der Waals surface area contributed by atoms with E-state index in [4.69, 9.17) is 4.74 Å². The number of aliphatic hydroxyl groups is 1. The van der Waals surface area contributed by atoms with Gasteiger partial charge in [-0.3, -0.25) is 0 Å². The second-order valence-electron chi connectivity index (χ2n) is 5.03. The van der Waals surface area contributed by atoms with E-state index in [1.807, 2.05) is 13.0 Å². The molecule has 2 heterocycles. The first-order valence-corrected chi connectivity index (χ1v) is 6.75. The van der Waals surface area contributed by atoms with E-state index in [1.165, 1.54) is 0 Å². The fourth-order valence-electron chi connectivity index (χ4n) is 1.97. The van der Waals surface area contributed by atoms with E-state index in [1.54, 1.807) is 0 Å². The Bertz CT molecular complexity index is 419. The molecule has 1 aromatic heterocycles. The number of ether oxygens (including phenoxy) is 1. The molecule has 0 aliphatic carbocycles. The zero-order valence-electron chi connectivity index (χ0n) is 11.6. The molecule has 106 valence electrons. The molecule has 1 fully saturated rings. The number of nitrogens with one attached hydrogen (secondary N) is 2. The Kier molecular flexibility index (Phi) is 4.55. The lowest BCUT2D eigenvalue weighted by molar-refractivity contribution is 0.0381. The molecular weight excluding hydrogens is 244 g/mol. The third-order valence-corrected chi connectivity index (χ3v) is 3.07. The number of hydrogen-bond donors (Lipinski definition) is 3. The molecule has 0 spiro atoms. The van der Waals surface area contributed by atoms with Crippen molar-refractivity contribution < 1.29 is 9.84 Å². The van der Waals surface area contributed by atoms with Crippen LogP contribution in [0.1, 0.15) is 25.5 Å². The second-order valence-corrected chi connectivity index (χ2v) is 5.03. The maximum absolute atomic E-state index is 10.2. The van der Waals surface area contributed by atoms with Gasteiger partial charge in [-0.1, -0.05) is 6.92 Å². The maximum atomic E-state index is 10.2. The molecule has 0 radical (unpaired) electrons. The van der Waals surface area contributed by atoms with Gasteiger partial charge in [0.15, 0.2) is 0 Å². The van der Waals surface area contributed by atoms with Crippen molar-refractivity contribution in [2.24, 2.45) is 0 Å². The Morgan fingerprint density at radius 3 is 2.95 bits per heavy atom. The Hall–Kier alpha value is -1.40. The van der Waals surface area contributed by atoms with Gasteiger partial charge in [0.2, 0.25) is 5.95 Å². The fourth-order valence-corrected chi connectivity index (χ4v) is 1.97. The molecule has 0 aromatic carbocycles. The summed E-state index contributed by atoms with van der Waals surface area (Å²) in [6.45, 7) is 6.31. The topological polar surface area (TPSA) is 79.3 Å². The summed E-state index contributed by atoms with van der Waals surface area (Å²) in [4.78, 5) is 8.70. The first-order valence-electron chi connectivity index (χ1n) is 6.75. The minimum atomic E-state index is -0.782. The van der Waals surface area contributed by atoms with Crippen molar-refractivity contribution in [3.05, 3.63) is 11.8 Å². The van der Waals surface area contributed by atoms with Gasteiger partial charge in [-0.25, -0.2) is 4.98 Å². The van der Waals surface area contributed by atoms with Gasteiger partial charge in [0, 0.05) is 37.9 Å². The highest BCUT2D eigenvalue weighted by Gasteiger charge is 2.32. The Morgan fingerprint density at radius 2 is 2.26 bits per heavy atom. The average molecular weight is 266 g/mol. The Morgan fingerprint density at radius 1 is 1.42 bits per heavy atom. The predicted molar refractivity (Wildman–Crippen MR) is 74.4 cm³/mol. The van der Waals surface area contributed by atoms with Crippen molar-refractivity contribution in [3.63, 3.8) is 0 Å². The smallest absolute Gasteiger partial charge is 0.224 e. The van der Waals surface area contributed by atoms with E-state index in [0.717, 1.165) is 24.5 Å². The molecule has 1 aliphatic rings. The number of anilines is 2. The molecule has 6 nitrogen and oxygen atoms in total. The summed E-state index contributed by atoms with van der Waals surface area (Å²) < 4.78 is 5.21. The summed E-state index contributed by atoms with van der Waals surface area (Å²) in [6.07, 6.45) is 1.68. The third kappa shape index (κ3) is 4.04. The molecule has 0 saturated carbocycles. The highest BCUT2D eigenvalue weighted by atomic mass is 16.5. The van der Waals surface area contributed by atoms with Crippen molar-refractivity contribution in [3.8, 4) is 0 Å². The molecule has 0 amide bonds. The van der Waals surface area contributed by atoms with Crippen LogP contribution in [-0.2, 0) is 4.74 Å². The van der Waals surface area contributed by atoms with Crippen LogP contribution in [0.25, 0.3) is 0 Å². The first-order chi connectivity index (χ1) is 9.11. The molecule has 2 rings (SSSR count). The van der Waals surface area contributed by atoms with Crippen LogP contribution >= 0.6 is 0 Å². The molecule has 1 saturated heterocycles. The van der Waals surface area contributed by atoms with E-state index in [-0.39, 0.29) is 0 Å². The Balaban J connectivity index is 1.97. The fraction of sp³-hybridized carbons (Fsp3) is 0.692. The van der Waals surface area contributed by atoms with Crippen LogP contribution in [0.3, 0.4) is 0 Å². The minimum absolute atomic E-state index is 0.380. The molecular formula is C13H22N4O2. The van der Waals surface area contributed by atoms with Crippen LogP contribution in [-0.4, -0.2) is 47.0 Å². The average Bonchev–Trinajstić information content (AvgIpc) is 2.81. The highest BCUT2D eigenvalue weighted by Crippen LogP contribution is 2.19. The number of aryl methyl sites for hydroxylation is 1. The summed E-state index contributed by atoms with van der Waals surface area (Å²) in [5.74, 6) is 1.35. The molecule has 1 aliphatic heterocycles. The SMILES string of the molecule is CCCNc1nc(C)cc(NCC2(O)CCOC2)n1. The van der Waals surface area contributed by atoms with Crippen molar-refractivity contribution in [2.45, 2.75) is 32.3 Å². The molecule has 6 heteroatoms. The quantitative estimate of drug-likeness (QED) is 0.717. The zero-order chi connectivity index (χ0) is 13.7. The van der Waals surface area contributed by atoms with Crippen molar-refractivity contribution >= 4 is 11.8 Å². The van der Waals surface area contributed by atoms with Crippen LogP contribution in [0.4, 0.5) is 11.8 Å². The van der Waals surface area contributed by atoms with Crippen LogP contribution < -0.4 is 10.6 Å². The van der Waals surface area contributed by atoms with Crippen LogP contribution in [0.2, 0.25) is 0 Å². The lowest BCUT2D eigenvalue weighted by Crippen LogP contribution is -2.37. The van der Waals surface area contributed by atoms with E-state index in [0.29, 0.717) is 32.1 Å². The van der Waals surface area contributed by atoms with Crippen molar-refractivity contribution in [1.82, 2.24) is 9.97 Å². The molecule has 0 bridgehead atoms. The van der Waals surface area contributed by atoms with Gasteiger partial charge >= 0.3 is 0 Å². The summed E-state index contributed by atoms with van der Waals surface area (Å²) >= 11 is 0. The van der Waals surface area contributed by atoms with Gasteiger partial charge < -0.3 is 20.5 Å². The summed E-state index contributed by atoms with van der Waals surface area (Å²) in [7, 11) is 0. The lowest BCUT2D eigenvalue weighted by Gasteiger charge is -2.21. The molecule has 3 N–H and O–H groups in total. The monoisotopic (exact) mass is 266 g/mol. The molecule has 19 heavy (non-hydrogen) atoms. The molecule has 1 atom stereocenters. The summed E-state index contributed by atoms with van der Waals surface area (Å²) in [5, 5.41) is 16.5. The standard InChI is InChI=1S/C13H22N4O2/c1-3-5-14-12-16-10(2)7-11(17-12)15-8-13(18)4-6-19-9-13/h7,18H,3-6,8-9H2,1-2H3,(H2,14,15,16,17).